The first-order valence-electron chi connectivity index (χ1n) is 10.3. The molecule has 27 heavy (non-hydrogen) atoms. The molecule has 4 rings (SSSR count). The van der Waals surface area contributed by atoms with Crippen molar-refractivity contribution in [3.63, 3.8) is 0 Å². The van der Waals surface area contributed by atoms with Crippen molar-refractivity contribution in [2.45, 2.75) is 38.6 Å². The molecule has 2 aliphatic rings. The highest BCUT2D eigenvalue weighted by Gasteiger charge is 2.41. The lowest BCUT2D eigenvalue weighted by Crippen LogP contribution is -2.51. The maximum Gasteiger partial charge on any atom is 0.182 e. The molecule has 2 fully saturated rings. The minimum Gasteiger partial charge on any atom is -0.365 e. The lowest BCUT2D eigenvalue weighted by molar-refractivity contribution is 0.0135. The van der Waals surface area contributed by atoms with Crippen LogP contribution >= 0.6 is 11.3 Å². The number of rotatable bonds is 5. The number of hydrogen-bond donors (Lipinski definition) is 1. The Balaban J connectivity index is 1.40. The Morgan fingerprint density at radius 3 is 2.63 bits per heavy atom. The number of benzene rings is 1. The number of nitrogens with one attached hydrogen (secondary N) is 1. The number of aromatic nitrogens is 1. The van der Waals surface area contributed by atoms with Gasteiger partial charge in [-0.2, -0.15) is 0 Å². The van der Waals surface area contributed by atoms with Crippen molar-refractivity contribution in [3.8, 4) is 0 Å². The Morgan fingerprint density at radius 1 is 1.19 bits per heavy atom. The van der Waals surface area contributed by atoms with Gasteiger partial charge < -0.3 is 10.2 Å². The number of thiazole rings is 1. The molecule has 2 aromatic rings. The fraction of sp³-hybridized carbons (Fsp3) is 0.591. The van der Waals surface area contributed by atoms with Crippen LogP contribution in [-0.4, -0.2) is 54.6 Å². The van der Waals surface area contributed by atoms with E-state index in [4.69, 9.17) is 0 Å². The van der Waals surface area contributed by atoms with Gasteiger partial charge in [0.05, 0.1) is 5.69 Å². The van der Waals surface area contributed by atoms with Gasteiger partial charge in [-0.25, -0.2) is 4.98 Å². The largest absolute Gasteiger partial charge is 0.365 e. The van der Waals surface area contributed by atoms with E-state index in [9.17, 15) is 0 Å². The summed E-state index contributed by atoms with van der Waals surface area (Å²) in [4.78, 5) is 9.95. The monoisotopic (exact) mass is 384 g/mol. The molecule has 1 aromatic carbocycles. The van der Waals surface area contributed by atoms with E-state index in [1.807, 2.05) is 7.05 Å². The molecule has 0 amide bonds. The van der Waals surface area contributed by atoms with Crippen molar-refractivity contribution < 1.29 is 0 Å². The van der Waals surface area contributed by atoms with E-state index in [-0.39, 0.29) is 0 Å². The van der Waals surface area contributed by atoms with E-state index in [2.05, 4.69) is 62.7 Å². The van der Waals surface area contributed by atoms with Crippen LogP contribution in [0.5, 0.6) is 0 Å². The Hall–Kier alpha value is -1.43. The molecule has 0 unspecified atom stereocenters. The van der Waals surface area contributed by atoms with E-state index < -0.39 is 0 Å². The molecular formula is C22H32N4S. The molecule has 1 aromatic heterocycles. The second kappa shape index (κ2) is 8.29. The highest BCUT2D eigenvalue weighted by Crippen LogP contribution is 2.45. The Bertz CT molecular complexity index is 721. The first-order chi connectivity index (χ1) is 13.2. The molecule has 4 nitrogen and oxygen atoms in total. The van der Waals surface area contributed by atoms with Crippen LogP contribution in [0, 0.1) is 5.41 Å². The standard InChI is InChI=1S/C22H32N4S/c1-3-25-14-19(18-7-5-4-6-8-18)13-22(17-25)9-11-26(12-10-22)15-20-16-27-21(23-2)24-20/h4-8,16,19H,3,9-15,17H2,1-2H3,(H,23,24)/t19-/m0/s1. The predicted octanol–water partition coefficient (Wildman–Crippen LogP) is 4.28. The number of nitrogens with zero attached hydrogens (tertiary/aromatic N) is 3. The van der Waals surface area contributed by atoms with Crippen LogP contribution in [0.25, 0.3) is 0 Å². The van der Waals surface area contributed by atoms with Crippen LogP contribution in [0.2, 0.25) is 0 Å². The zero-order valence-electron chi connectivity index (χ0n) is 16.7. The highest BCUT2D eigenvalue weighted by molar-refractivity contribution is 7.13. The predicted molar refractivity (Wildman–Crippen MR) is 115 cm³/mol. The van der Waals surface area contributed by atoms with Crippen LogP contribution in [0.4, 0.5) is 5.13 Å². The van der Waals surface area contributed by atoms with Crippen molar-refractivity contribution in [1.29, 1.82) is 0 Å². The van der Waals surface area contributed by atoms with Crippen LogP contribution in [-0.2, 0) is 6.54 Å². The summed E-state index contributed by atoms with van der Waals surface area (Å²) in [5.74, 6) is 0.683. The van der Waals surface area contributed by atoms with Gasteiger partial charge >= 0.3 is 0 Å². The topological polar surface area (TPSA) is 31.4 Å². The number of anilines is 1. The normalized spacial score (nSPS) is 23.6. The fourth-order valence-electron chi connectivity index (χ4n) is 4.96. The number of hydrogen-bond acceptors (Lipinski definition) is 5. The van der Waals surface area contributed by atoms with E-state index in [0.717, 1.165) is 11.7 Å². The lowest BCUT2D eigenvalue weighted by Gasteiger charge is -2.50. The van der Waals surface area contributed by atoms with E-state index in [1.165, 1.54) is 63.2 Å². The van der Waals surface area contributed by atoms with Crippen LogP contribution in [0.15, 0.2) is 35.7 Å². The Kier molecular flexibility index (Phi) is 5.81. The summed E-state index contributed by atoms with van der Waals surface area (Å²) in [6, 6.07) is 11.2. The summed E-state index contributed by atoms with van der Waals surface area (Å²) >= 11 is 1.71. The number of piperidine rings is 2. The third kappa shape index (κ3) is 4.36. The Morgan fingerprint density at radius 2 is 1.96 bits per heavy atom. The van der Waals surface area contributed by atoms with Crippen molar-refractivity contribution >= 4 is 16.5 Å². The molecule has 0 bridgehead atoms. The molecule has 2 saturated heterocycles. The molecule has 5 heteroatoms. The zero-order chi connectivity index (χ0) is 18.7. The smallest absolute Gasteiger partial charge is 0.182 e. The average Bonchev–Trinajstić information content (AvgIpc) is 3.18. The summed E-state index contributed by atoms with van der Waals surface area (Å²) in [5, 5.41) is 6.36. The molecular weight excluding hydrogens is 352 g/mol. The van der Waals surface area contributed by atoms with Gasteiger partial charge in [0, 0.05) is 32.1 Å². The maximum absolute atomic E-state index is 4.66. The fourth-order valence-corrected chi connectivity index (χ4v) is 5.63. The van der Waals surface area contributed by atoms with Gasteiger partial charge in [0.2, 0.25) is 0 Å². The van der Waals surface area contributed by atoms with Crippen LogP contribution in [0.3, 0.4) is 0 Å². The van der Waals surface area contributed by atoms with Gasteiger partial charge in [0.25, 0.3) is 0 Å². The van der Waals surface area contributed by atoms with E-state index in [1.54, 1.807) is 11.3 Å². The third-order valence-corrected chi connectivity index (χ3v) is 7.41. The Labute approximate surface area is 167 Å². The SMILES string of the molecule is CCN1C[C@@H](c2ccccc2)CC2(CCN(Cc3csc(NC)n3)CC2)C1. The first kappa shape index (κ1) is 18.9. The van der Waals surface area contributed by atoms with E-state index in [0.29, 0.717) is 11.3 Å². The van der Waals surface area contributed by atoms with Crippen LogP contribution in [0.1, 0.15) is 43.4 Å². The second-order valence-corrected chi connectivity index (χ2v) is 9.17. The minimum atomic E-state index is 0.490. The summed E-state index contributed by atoms with van der Waals surface area (Å²) < 4.78 is 0. The van der Waals surface area contributed by atoms with Gasteiger partial charge in [-0.3, -0.25) is 4.90 Å². The second-order valence-electron chi connectivity index (χ2n) is 8.31. The van der Waals surface area contributed by atoms with Crippen LogP contribution < -0.4 is 5.32 Å². The van der Waals surface area contributed by atoms with Crippen molar-refractivity contribution in [2.75, 3.05) is 45.1 Å². The molecule has 0 radical (unpaired) electrons. The van der Waals surface area contributed by atoms with Crippen molar-refractivity contribution in [2.24, 2.45) is 5.41 Å². The van der Waals surface area contributed by atoms with Gasteiger partial charge in [-0.1, -0.05) is 37.3 Å². The molecule has 1 atom stereocenters. The number of likely N-dealkylation sites (N-methyl/N-ethyl adjacent to an activating group) is 1. The first-order valence-corrected chi connectivity index (χ1v) is 11.2. The van der Waals surface area contributed by atoms with E-state index >= 15 is 0 Å². The van der Waals surface area contributed by atoms with Gasteiger partial charge in [-0.05, 0) is 55.8 Å². The lowest BCUT2D eigenvalue weighted by atomic mass is 9.68. The molecule has 3 heterocycles. The van der Waals surface area contributed by atoms with Gasteiger partial charge in [0.1, 0.15) is 0 Å². The van der Waals surface area contributed by atoms with Gasteiger partial charge in [-0.15, -0.1) is 11.3 Å². The summed E-state index contributed by atoms with van der Waals surface area (Å²) in [6.45, 7) is 9.38. The zero-order valence-corrected chi connectivity index (χ0v) is 17.5. The molecule has 0 saturated carbocycles. The van der Waals surface area contributed by atoms with Crippen molar-refractivity contribution in [1.82, 2.24) is 14.8 Å². The number of likely N-dealkylation sites (tertiary alicyclic amines) is 2. The third-order valence-electron chi connectivity index (χ3n) is 6.50. The minimum absolute atomic E-state index is 0.490. The molecule has 146 valence electrons. The average molecular weight is 385 g/mol. The quantitative estimate of drug-likeness (QED) is 0.834. The molecule has 1 spiro atoms. The summed E-state index contributed by atoms with van der Waals surface area (Å²) in [5.41, 5.74) is 3.23. The van der Waals surface area contributed by atoms with Crippen molar-refractivity contribution in [3.05, 3.63) is 47.0 Å². The summed E-state index contributed by atoms with van der Waals surface area (Å²) in [7, 11) is 1.94. The summed E-state index contributed by atoms with van der Waals surface area (Å²) in [6.07, 6.45) is 3.98. The highest BCUT2D eigenvalue weighted by atomic mass is 32.1. The molecule has 2 aliphatic heterocycles. The van der Waals surface area contributed by atoms with Gasteiger partial charge in [0.15, 0.2) is 5.13 Å². The molecule has 0 aliphatic carbocycles. The maximum atomic E-state index is 4.66. The molecule has 1 N–H and O–H groups in total.